The number of aromatic nitrogens is 2. The van der Waals surface area contributed by atoms with Gasteiger partial charge in [-0.3, -0.25) is 9.48 Å². The summed E-state index contributed by atoms with van der Waals surface area (Å²) in [7, 11) is -3.83. The van der Waals surface area contributed by atoms with Crippen molar-refractivity contribution in [1.82, 2.24) is 14.5 Å². The summed E-state index contributed by atoms with van der Waals surface area (Å²) in [5.74, 6) is -0.789. The Labute approximate surface area is 133 Å². The maximum absolute atomic E-state index is 13.0. The van der Waals surface area contributed by atoms with E-state index in [1.807, 2.05) is 6.92 Å². The second-order valence-corrected chi connectivity index (χ2v) is 7.24. The molecule has 0 bridgehead atoms. The maximum Gasteiger partial charge on any atom is 0.244 e. The van der Waals surface area contributed by atoms with E-state index in [1.165, 1.54) is 41.3 Å². The van der Waals surface area contributed by atoms with Gasteiger partial charge in [-0.05, 0) is 44.0 Å². The molecule has 0 spiro atoms. The molecule has 3 rings (SSSR count). The largest absolute Gasteiger partial charge is 0.292 e. The minimum Gasteiger partial charge on any atom is -0.292 e. The second kappa shape index (κ2) is 5.54. The summed E-state index contributed by atoms with van der Waals surface area (Å²) in [6.07, 6.45) is 3.51. The first-order chi connectivity index (χ1) is 10.9. The summed E-state index contributed by atoms with van der Waals surface area (Å²) in [6, 6.07) is 5.09. The Morgan fingerprint density at radius 2 is 2.00 bits per heavy atom. The third-order valence-corrected chi connectivity index (χ3v) is 5.36. The van der Waals surface area contributed by atoms with Crippen molar-refractivity contribution in [2.45, 2.75) is 36.7 Å². The summed E-state index contributed by atoms with van der Waals surface area (Å²) in [5.41, 5.74) is -0.846. The molecule has 0 saturated heterocycles. The number of hydrogen-bond acceptors (Lipinski definition) is 4. The van der Waals surface area contributed by atoms with Crippen molar-refractivity contribution in [3.8, 4) is 0 Å². The van der Waals surface area contributed by atoms with Crippen LogP contribution in [0.25, 0.3) is 0 Å². The molecule has 1 saturated carbocycles. The van der Waals surface area contributed by atoms with E-state index in [2.05, 4.69) is 9.82 Å². The van der Waals surface area contributed by atoms with Gasteiger partial charge in [-0.25, -0.2) is 12.8 Å². The van der Waals surface area contributed by atoms with Gasteiger partial charge in [0.1, 0.15) is 10.7 Å². The highest BCUT2D eigenvalue weighted by atomic mass is 32.2. The molecule has 0 atom stereocenters. The van der Waals surface area contributed by atoms with Gasteiger partial charge in [0.05, 0.1) is 11.7 Å². The third-order valence-electron chi connectivity index (χ3n) is 3.86. The molecular weight excluding hydrogens is 321 g/mol. The number of ketones is 1. The second-order valence-electron chi connectivity index (χ2n) is 5.56. The zero-order chi connectivity index (χ0) is 16.7. The number of carbonyl (C=O) groups excluding carboxylic acids is 1. The minimum absolute atomic E-state index is 0.0255. The van der Waals surface area contributed by atoms with Crippen LogP contribution in [0.4, 0.5) is 4.39 Å². The van der Waals surface area contributed by atoms with Gasteiger partial charge in [-0.2, -0.15) is 9.82 Å². The monoisotopic (exact) mass is 337 g/mol. The Balaban J connectivity index is 1.83. The van der Waals surface area contributed by atoms with Crippen LogP contribution < -0.4 is 4.72 Å². The molecule has 1 N–H and O–H groups in total. The van der Waals surface area contributed by atoms with E-state index >= 15 is 0 Å². The van der Waals surface area contributed by atoms with E-state index in [0.29, 0.717) is 19.4 Å². The molecule has 0 radical (unpaired) electrons. The van der Waals surface area contributed by atoms with Crippen LogP contribution in [0.15, 0.2) is 41.6 Å². The fourth-order valence-electron chi connectivity index (χ4n) is 2.35. The van der Waals surface area contributed by atoms with E-state index in [1.54, 1.807) is 0 Å². The summed E-state index contributed by atoms with van der Waals surface area (Å²) >= 11 is 0. The predicted octanol–water partition coefficient (Wildman–Crippen LogP) is 1.74. The lowest BCUT2D eigenvalue weighted by Crippen LogP contribution is -2.43. The Morgan fingerprint density at radius 3 is 2.52 bits per heavy atom. The van der Waals surface area contributed by atoms with Crippen molar-refractivity contribution in [3.63, 3.8) is 0 Å². The number of carbonyl (C=O) groups is 1. The smallest absolute Gasteiger partial charge is 0.244 e. The van der Waals surface area contributed by atoms with Gasteiger partial charge >= 0.3 is 0 Å². The predicted molar refractivity (Wildman–Crippen MR) is 80.9 cm³/mol. The first-order valence-corrected chi connectivity index (χ1v) is 8.71. The number of benzene rings is 1. The summed E-state index contributed by atoms with van der Waals surface area (Å²) in [5, 5.41) is 3.94. The van der Waals surface area contributed by atoms with Crippen LogP contribution in [-0.2, 0) is 16.6 Å². The molecule has 2 aromatic rings. The van der Waals surface area contributed by atoms with Gasteiger partial charge in [0, 0.05) is 18.3 Å². The quantitative estimate of drug-likeness (QED) is 0.814. The zero-order valence-electron chi connectivity index (χ0n) is 12.5. The lowest BCUT2D eigenvalue weighted by atomic mass is 10.0. The summed E-state index contributed by atoms with van der Waals surface area (Å²) in [4.78, 5) is 12.6. The first kappa shape index (κ1) is 15.8. The molecule has 1 heterocycles. The fraction of sp³-hybridized carbons (Fsp3) is 0.333. The lowest BCUT2D eigenvalue weighted by Gasteiger charge is -2.15. The third kappa shape index (κ3) is 3.04. The van der Waals surface area contributed by atoms with Crippen molar-refractivity contribution in [1.29, 1.82) is 0 Å². The van der Waals surface area contributed by atoms with E-state index < -0.39 is 21.4 Å². The standard InChI is InChI=1S/C15H16FN3O3S/c1-2-19-10-13(9-17-19)23(21,22)18-15(7-8-15)14(20)11-3-5-12(16)6-4-11/h3-6,9-10,18H,2,7-8H2,1H3. The van der Waals surface area contributed by atoms with Crippen molar-refractivity contribution in [2.75, 3.05) is 0 Å². The van der Waals surface area contributed by atoms with Crippen LogP contribution in [0, 0.1) is 5.82 Å². The van der Waals surface area contributed by atoms with Crippen LogP contribution >= 0.6 is 0 Å². The van der Waals surface area contributed by atoms with Crippen LogP contribution in [0.3, 0.4) is 0 Å². The molecule has 1 fully saturated rings. The number of Topliss-reactive ketones (excluding diaryl/α,β-unsaturated/α-hetero) is 1. The molecule has 1 aromatic heterocycles. The fourth-order valence-corrected chi connectivity index (χ4v) is 3.73. The van der Waals surface area contributed by atoms with E-state index in [-0.39, 0.29) is 16.2 Å². The maximum atomic E-state index is 13.0. The number of sulfonamides is 1. The van der Waals surface area contributed by atoms with Gasteiger partial charge in [0.25, 0.3) is 0 Å². The molecule has 23 heavy (non-hydrogen) atoms. The molecule has 122 valence electrons. The molecule has 8 heteroatoms. The molecule has 1 aliphatic carbocycles. The van der Waals surface area contributed by atoms with Crippen LogP contribution in [0.2, 0.25) is 0 Å². The van der Waals surface area contributed by atoms with Crippen molar-refractivity contribution in [2.24, 2.45) is 0 Å². The molecular formula is C15H16FN3O3S. The summed E-state index contributed by atoms with van der Waals surface area (Å²) in [6.45, 7) is 2.40. The molecule has 6 nitrogen and oxygen atoms in total. The van der Waals surface area contributed by atoms with Crippen LogP contribution in [-0.4, -0.2) is 29.5 Å². The van der Waals surface area contributed by atoms with E-state index in [9.17, 15) is 17.6 Å². The average molecular weight is 337 g/mol. The lowest BCUT2D eigenvalue weighted by molar-refractivity contribution is 0.0940. The topological polar surface area (TPSA) is 81.1 Å². The van der Waals surface area contributed by atoms with Gasteiger partial charge in [-0.1, -0.05) is 0 Å². The van der Waals surface area contributed by atoms with Gasteiger partial charge in [0.2, 0.25) is 10.0 Å². The molecule has 0 aliphatic heterocycles. The van der Waals surface area contributed by atoms with Gasteiger partial charge in [0.15, 0.2) is 5.78 Å². The Morgan fingerprint density at radius 1 is 1.35 bits per heavy atom. The molecule has 1 aromatic carbocycles. The average Bonchev–Trinajstić information content (AvgIpc) is 3.12. The number of hydrogen-bond donors (Lipinski definition) is 1. The molecule has 0 unspecified atom stereocenters. The highest BCUT2D eigenvalue weighted by Crippen LogP contribution is 2.40. The number of aryl methyl sites for hydroxylation is 1. The normalized spacial score (nSPS) is 16.3. The van der Waals surface area contributed by atoms with Crippen molar-refractivity contribution in [3.05, 3.63) is 48.0 Å². The molecule has 1 aliphatic rings. The van der Waals surface area contributed by atoms with Gasteiger partial charge < -0.3 is 0 Å². The Hall–Kier alpha value is -2.06. The Bertz CT molecular complexity index is 839. The van der Waals surface area contributed by atoms with Crippen LogP contribution in [0.5, 0.6) is 0 Å². The number of nitrogens with zero attached hydrogens (tertiary/aromatic N) is 2. The van der Waals surface area contributed by atoms with Crippen molar-refractivity contribution >= 4 is 15.8 Å². The molecule has 0 amide bonds. The van der Waals surface area contributed by atoms with Crippen molar-refractivity contribution < 1.29 is 17.6 Å². The van der Waals surface area contributed by atoms with Gasteiger partial charge in [-0.15, -0.1) is 0 Å². The minimum atomic E-state index is -3.83. The first-order valence-electron chi connectivity index (χ1n) is 7.23. The van der Waals surface area contributed by atoms with E-state index in [0.717, 1.165) is 0 Å². The highest BCUT2D eigenvalue weighted by Gasteiger charge is 2.52. The van der Waals surface area contributed by atoms with Crippen LogP contribution in [0.1, 0.15) is 30.1 Å². The SMILES string of the molecule is CCn1cc(S(=O)(=O)NC2(C(=O)c3ccc(F)cc3)CC2)cn1. The highest BCUT2D eigenvalue weighted by molar-refractivity contribution is 7.89. The number of rotatable bonds is 6. The van der Waals surface area contributed by atoms with E-state index in [4.69, 9.17) is 0 Å². The summed E-state index contributed by atoms with van der Waals surface area (Å²) < 4.78 is 41.8. The number of nitrogens with one attached hydrogen (secondary N) is 1. The number of halogens is 1. The zero-order valence-corrected chi connectivity index (χ0v) is 13.3. The Kier molecular flexibility index (Phi) is 3.81.